The van der Waals surface area contributed by atoms with Gasteiger partial charge < -0.3 is 24.8 Å². The fraction of sp³-hybridized carbons (Fsp3) is 0.292. The number of rotatable bonds is 11. The topological polar surface area (TPSA) is 111 Å². The number of benzene rings is 2. The molecule has 0 fully saturated rings. The summed E-state index contributed by atoms with van der Waals surface area (Å²) in [6.07, 6.45) is 1.48. The summed E-state index contributed by atoms with van der Waals surface area (Å²) in [5, 5.41) is 10.7. The minimum atomic E-state index is -0.390. The molecule has 0 saturated heterocycles. The van der Waals surface area contributed by atoms with Gasteiger partial charge in [0, 0.05) is 24.0 Å². The van der Waals surface area contributed by atoms with Crippen LogP contribution in [0.5, 0.6) is 17.2 Å². The van der Waals surface area contributed by atoms with Crippen LogP contribution in [0.25, 0.3) is 0 Å². The summed E-state index contributed by atoms with van der Waals surface area (Å²) in [6, 6.07) is 12.3. The Morgan fingerprint density at radius 1 is 0.912 bits per heavy atom. The summed E-state index contributed by atoms with van der Waals surface area (Å²) in [5.74, 6) is 1.99. The molecule has 0 bridgehead atoms. The molecule has 3 aromatic rings. The van der Waals surface area contributed by atoms with Gasteiger partial charge in [0.05, 0.1) is 27.0 Å². The number of aryl methyl sites for hydroxylation is 1. The van der Waals surface area contributed by atoms with E-state index in [0.29, 0.717) is 53.9 Å². The van der Waals surface area contributed by atoms with Crippen molar-refractivity contribution in [2.45, 2.75) is 19.3 Å². The Labute approximate surface area is 202 Å². The number of nitrogens with one attached hydrogen (secondary N) is 3. The van der Waals surface area contributed by atoms with Crippen LogP contribution in [0.2, 0.25) is 0 Å². The lowest BCUT2D eigenvalue weighted by atomic mass is 10.1. The molecule has 34 heavy (non-hydrogen) atoms. The number of methoxy groups -OCH3 is 3. The maximum Gasteiger partial charge on any atom is 0.325 e. The molecule has 0 saturated carbocycles. The van der Waals surface area contributed by atoms with Crippen molar-refractivity contribution in [2.75, 3.05) is 38.5 Å². The highest BCUT2D eigenvalue weighted by molar-refractivity contribution is 7.13. The molecule has 9 nitrogen and oxygen atoms in total. The fourth-order valence-corrected chi connectivity index (χ4v) is 3.87. The zero-order valence-corrected chi connectivity index (χ0v) is 20.2. The Morgan fingerprint density at radius 2 is 1.68 bits per heavy atom. The quantitative estimate of drug-likeness (QED) is 0.378. The van der Waals surface area contributed by atoms with Gasteiger partial charge in [-0.2, -0.15) is 0 Å². The largest absolute Gasteiger partial charge is 0.497 e. The smallest absolute Gasteiger partial charge is 0.325 e. The van der Waals surface area contributed by atoms with Gasteiger partial charge in [-0.15, -0.1) is 11.3 Å². The van der Waals surface area contributed by atoms with Crippen molar-refractivity contribution < 1.29 is 23.8 Å². The predicted octanol–water partition coefficient (Wildman–Crippen LogP) is 4.10. The first-order valence-electron chi connectivity index (χ1n) is 10.6. The van der Waals surface area contributed by atoms with E-state index in [4.69, 9.17) is 14.2 Å². The van der Waals surface area contributed by atoms with Gasteiger partial charge in [-0.3, -0.25) is 10.1 Å². The first kappa shape index (κ1) is 24.8. The molecule has 0 unspecified atom stereocenters. The lowest BCUT2D eigenvalue weighted by molar-refractivity contribution is -0.121. The number of urea groups is 1. The molecule has 10 heteroatoms. The van der Waals surface area contributed by atoms with Gasteiger partial charge in [-0.25, -0.2) is 9.78 Å². The summed E-state index contributed by atoms with van der Waals surface area (Å²) in [6.45, 7) is 0.518. The van der Waals surface area contributed by atoms with Crippen molar-refractivity contribution in [2.24, 2.45) is 0 Å². The maximum atomic E-state index is 12.2. The normalized spacial score (nSPS) is 10.3. The van der Waals surface area contributed by atoms with Crippen LogP contribution in [-0.2, 0) is 17.6 Å². The van der Waals surface area contributed by atoms with Crippen molar-refractivity contribution in [3.63, 3.8) is 0 Å². The molecule has 0 aliphatic carbocycles. The maximum absolute atomic E-state index is 12.2. The first-order chi connectivity index (χ1) is 16.5. The second-order valence-corrected chi connectivity index (χ2v) is 8.10. The number of aromatic nitrogens is 1. The number of thiazole rings is 1. The van der Waals surface area contributed by atoms with Crippen LogP contribution in [0.4, 0.5) is 15.6 Å². The molecular weight excluding hydrogens is 456 g/mol. The summed E-state index contributed by atoms with van der Waals surface area (Å²) >= 11 is 1.31. The highest BCUT2D eigenvalue weighted by atomic mass is 32.1. The first-order valence-corrected chi connectivity index (χ1v) is 11.5. The fourth-order valence-electron chi connectivity index (χ4n) is 3.13. The molecule has 3 rings (SSSR count). The van der Waals surface area contributed by atoms with Crippen molar-refractivity contribution >= 4 is 34.1 Å². The molecular formula is C24H28N4O5S. The molecule has 1 aromatic heterocycles. The Morgan fingerprint density at radius 3 is 2.38 bits per heavy atom. The third kappa shape index (κ3) is 7.38. The lowest BCUT2D eigenvalue weighted by Gasteiger charge is -2.10. The van der Waals surface area contributed by atoms with Crippen LogP contribution >= 0.6 is 11.3 Å². The molecule has 0 radical (unpaired) electrons. The van der Waals surface area contributed by atoms with Crippen molar-refractivity contribution in [3.8, 4) is 17.2 Å². The predicted molar refractivity (Wildman–Crippen MR) is 132 cm³/mol. The van der Waals surface area contributed by atoms with Crippen LogP contribution < -0.4 is 30.2 Å². The van der Waals surface area contributed by atoms with Crippen LogP contribution in [0, 0.1) is 0 Å². The standard InChI is InChI=1S/C24H28N4O5S/c1-31-19-8-5-17(6-9-19)26-23(30)28-24-27-18(15-34-24)7-11-22(29)25-13-12-16-4-10-20(32-2)21(14-16)33-3/h4-6,8-10,14-15H,7,11-13H2,1-3H3,(H,25,29)(H2,26,27,28,30). The average molecular weight is 485 g/mol. The van der Waals surface area contributed by atoms with E-state index < -0.39 is 0 Å². The van der Waals surface area contributed by atoms with E-state index in [2.05, 4.69) is 20.9 Å². The Bertz CT molecular complexity index is 1100. The number of nitrogens with zero attached hydrogens (tertiary/aromatic N) is 1. The minimum Gasteiger partial charge on any atom is -0.497 e. The van der Waals surface area contributed by atoms with E-state index in [9.17, 15) is 9.59 Å². The van der Waals surface area contributed by atoms with Gasteiger partial charge in [-0.1, -0.05) is 6.07 Å². The van der Waals surface area contributed by atoms with Crippen LogP contribution in [0.3, 0.4) is 0 Å². The molecule has 1 heterocycles. The summed E-state index contributed by atoms with van der Waals surface area (Å²) in [4.78, 5) is 28.7. The molecule has 3 amide bonds. The second kappa shape index (κ2) is 12.4. The molecule has 0 aliphatic rings. The van der Waals surface area contributed by atoms with E-state index in [0.717, 1.165) is 11.3 Å². The monoisotopic (exact) mass is 484 g/mol. The third-order valence-corrected chi connectivity index (χ3v) is 5.72. The SMILES string of the molecule is COc1ccc(NC(=O)Nc2nc(CCC(=O)NCCc3ccc(OC)c(OC)c3)cs2)cc1. The Balaban J connectivity index is 1.38. The number of hydrogen-bond donors (Lipinski definition) is 3. The Hall–Kier alpha value is -3.79. The number of hydrogen-bond acceptors (Lipinski definition) is 7. The molecule has 180 valence electrons. The third-order valence-electron chi connectivity index (χ3n) is 4.91. The summed E-state index contributed by atoms with van der Waals surface area (Å²) < 4.78 is 15.6. The van der Waals surface area contributed by atoms with Crippen LogP contribution in [0.15, 0.2) is 47.8 Å². The number of amides is 3. The molecule has 2 aromatic carbocycles. The highest BCUT2D eigenvalue weighted by Gasteiger charge is 2.10. The van der Waals surface area contributed by atoms with E-state index in [1.807, 2.05) is 23.6 Å². The number of carbonyl (C=O) groups is 2. The van der Waals surface area contributed by atoms with Crippen LogP contribution in [-0.4, -0.2) is 44.8 Å². The van der Waals surface area contributed by atoms with E-state index in [1.54, 1.807) is 45.6 Å². The highest BCUT2D eigenvalue weighted by Crippen LogP contribution is 2.27. The van der Waals surface area contributed by atoms with Gasteiger partial charge in [0.25, 0.3) is 0 Å². The van der Waals surface area contributed by atoms with Gasteiger partial charge in [-0.05, 0) is 54.8 Å². The van der Waals surface area contributed by atoms with Gasteiger partial charge in [0.1, 0.15) is 5.75 Å². The second-order valence-electron chi connectivity index (χ2n) is 7.24. The lowest BCUT2D eigenvalue weighted by Crippen LogP contribution is -2.25. The number of carbonyl (C=O) groups excluding carboxylic acids is 2. The van der Waals surface area contributed by atoms with Gasteiger partial charge in [0.15, 0.2) is 16.6 Å². The zero-order chi connectivity index (χ0) is 24.3. The summed E-state index contributed by atoms with van der Waals surface area (Å²) in [5.41, 5.74) is 2.43. The van der Waals surface area contributed by atoms with Crippen molar-refractivity contribution in [1.29, 1.82) is 0 Å². The molecule has 0 aliphatic heterocycles. The molecule has 3 N–H and O–H groups in total. The van der Waals surface area contributed by atoms with E-state index in [1.165, 1.54) is 11.3 Å². The van der Waals surface area contributed by atoms with Crippen LogP contribution in [0.1, 0.15) is 17.7 Å². The number of ether oxygens (including phenoxy) is 3. The van der Waals surface area contributed by atoms with Crippen molar-refractivity contribution in [1.82, 2.24) is 10.3 Å². The average Bonchev–Trinajstić information content (AvgIpc) is 3.30. The van der Waals surface area contributed by atoms with Gasteiger partial charge in [0.2, 0.25) is 5.91 Å². The minimum absolute atomic E-state index is 0.0553. The van der Waals surface area contributed by atoms with E-state index >= 15 is 0 Å². The van der Waals surface area contributed by atoms with Crippen molar-refractivity contribution in [3.05, 3.63) is 59.1 Å². The van der Waals surface area contributed by atoms with E-state index in [-0.39, 0.29) is 11.9 Å². The molecule has 0 atom stereocenters. The Kier molecular flexibility index (Phi) is 9.10. The number of anilines is 2. The zero-order valence-electron chi connectivity index (χ0n) is 19.3. The summed E-state index contributed by atoms with van der Waals surface area (Å²) in [7, 11) is 4.77. The van der Waals surface area contributed by atoms with Gasteiger partial charge >= 0.3 is 6.03 Å². The molecule has 0 spiro atoms.